The first-order chi connectivity index (χ1) is 11.0. The van der Waals surface area contributed by atoms with Crippen molar-refractivity contribution in [2.24, 2.45) is 0 Å². The van der Waals surface area contributed by atoms with E-state index in [4.69, 9.17) is 0 Å². The fourth-order valence-electron chi connectivity index (χ4n) is 1.94. The molecule has 0 aliphatic carbocycles. The van der Waals surface area contributed by atoms with Gasteiger partial charge in [-0.1, -0.05) is 17.4 Å². The minimum atomic E-state index is -0.318. The van der Waals surface area contributed by atoms with Crippen molar-refractivity contribution in [3.05, 3.63) is 23.7 Å². The van der Waals surface area contributed by atoms with Gasteiger partial charge in [0.2, 0.25) is 0 Å². The second-order valence-corrected chi connectivity index (χ2v) is 8.00. The molecule has 2 aromatic heterocycles. The number of ether oxygens (including phenoxy) is 1. The molecule has 23 heavy (non-hydrogen) atoms. The van der Waals surface area contributed by atoms with Gasteiger partial charge in [0.1, 0.15) is 5.60 Å². The molecule has 0 aromatic carbocycles. The summed E-state index contributed by atoms with van der Waals surface area (Å²) in [6.07, 6.45) is 1.99. The molecule has 0 unspecified atom stereocenters. The van der Waals surface area contributed by atoms with Gasteiger partial charge < -0.3 is 15.0 Å². The maximum absolute atomic E-state index is 9.60. The summed E-state index contributed by atoms with van der Waals surface area (Å²) in [6, 6.07) is 4.24. The lowest BCUT2D eigenvalue weighted by molar-refractivity contribution is -0.138. The second-order valence-electron chi connectivity index (χ2n) is 6.05. The van der Waals surface area contributed by atoms with Gasteiger partial charge in [0.15, 0.2) is 5.13 Å². The van der Waals surface area contributed by atoms with Crippen LogP contribution in [-0.2, 0) is 9.53 Å². The quantitative estimate of drug-likeness (QED) is 0.859. The van der Waals surface area contributed by atoms with Gasteiger partial charge in [0, 0.05) is 37.3 Å². The highest BCUT2D eigenvalue weighted by atomic mass is 32.1. The highest BCUT2D eigenvalue weighted by Gasteiger charge is 2.14. The van der Waals surface area contributed by atoms with Gasteiger partial charge in [0.25, 0.3) is 6.47 Å². The Morgan fingerprint density at radius 2 is 2.04 bits per heavy atom. The van der Waals surface area contributed by atoms with Gasteiger partial charge in [-0.2, -0.15) is 0 Å². The Bertz CT molecular complexity index is 585. The number of carbonyl (C=O) groups excluding carboxylic acids is 1. The van der Waals surface area contributed by atoms with E-state index in [1.807, 2.05) is 27.0 Å². The summed E-state index contributed by atoms with van der Waals surface area (Å²) in [7, 11) is 0. The van der Waals surface area contributed by atoms with Crippen LogP contribution in [0.25, 0.3) is 9.75 Å². The molecule has 126 valence electrons. The van der Waals surface area contributed by atoms with Crippen molar-refractivity contribution in [1.29, 1.82) is 0 Å². The summed E-state index contributed by atoms with van der Waals surface area (Å²) in [6.45, 7) is 10.2. The number of thiazole rings is 1. The minimum Gasteiger partial charge on any atom is -0.462 e. The number of aromatic nitrogens is 1. The second kappa shape index (κ2) is 8.42. The minimum absolute atomic E-state index is 0.318. The maximum Gasteiger partial charge on any atom is 0.293 e. The van der Waals surface area contributed by atoms with Gasteiger partial charge in [-0.3, -0.25) is 4.79 Å². The molecule has 3 heterocycles. The Labute approximate surface area is 145 Å². The van der Waals surface area contributed by atoms with Crippen LogP contribution in [0.4, 0.5) is 5.13 Å². The lowest BCUT2D eigenvalue weighted by Gasteiger charge is -2.26. The molecule has 0 saturated carbocycles. The smallest absolute Gasteiger partial charge is 0.293 e. The predicted molar refractivity (Wildman–Crippen MR) is 97.4 cm³/mol. The van der Waals surface area contributed by atoms with Crippen LogP contribution in [0, 0.1) is 0 Å². The first-order valence-electron chi connectivity index (χ1n) is 7.56. The van der Waals surface area contributed by atoms with Crippen LogP contribution in [0.5, 0.6) is 0 Å². The van der Waals surface area contributed by atoms with Gasteiger partial charge in [-0.05, 0) is 32.2 Å². The van der Waals surface area contributed by atoms with E-state index in [1.165, 1.54) is 9.75 Å². The van der Waals surface area contributed by atoms with E-state index in [2.05, 4.69) is 37.5 Å². The van der Waals surface area contributed by atoms with Crippen molar-refractivity contribution < 1.29 is 9.53 Å². The first kappa shape index (κ1) is 17.9. The van der Waals surface area contributed by atoms with E-state index < -0.39 is 0 Å². The largest absolute Gasteiger partial charge is 0.462 e. The van der Waals surface area contributed by atoms with E-state index in [-0.39, 0.29) is 5.60 Å². The monoisotopic (exact) mass is 353 g/mol. The lowest BCUT2D eigenvalue weighted by Crippen LogP contribution is -2.43. The Morgan fingerprint density at radius 3 is 2.57 bits per heavy atom. The third-order valence-electron chi connectivity index (χ3n) is 3.05. The molecular formula is C16H23N3O2S2. The predicted octanol–water partition coefficient (Wildman–Crippen LogP) is 3.24. The lowest BCUT2D eigenvalue weighted by atomic mass is 10.2. The van der Waals surface area contributed by atoms with Crippen LogP contribution in [0.1, 0.15) is 20.8 Å². The molecule has 7 heteroatoms. The SMILES string of the molecule is CC(C)(C)OC=O.c1csc(-c2cnc(N3CCNCC3)s2)c1. The number of nitrogens with one attached hydrogen (secondary N) is 1. The first-order valence-corrected chi connectivity index (χ1v) is 9.26. The van der Waals surface area contributed by atoms with E-state index in [9.17, 15) is 4.79 Å². The fourth-order valence-corrected chi connectivity index (χ4v) is 3.73. The van der Waals surface area contributed by atoms with E-state index in [0.29, 0.717) is 6.47 Å². The third kappa shape index (κ3) is 5.93. The van der Waals surface area contributed by atoms with E-state index >= 15 is 0 Å². The van der Waals surface area contributed by atoms with E-state index in [0.717, 1.165) is 31.3 Å². The van der Waals surface area contributed by atoms with E-state index in [1.54, 1.807) is 22.7 Å². The van der Waals surface area contributed by atoms with Crippen LogP contribution in [0.3, 0.4) is 0 Å². The molecule has 0 atom stereocenters. The molecule has 1 aliphatic heterocycles. The Kier molecular flexibility index (Phi) is 6.56. The summed E-state index contributed by atoms with van der Waals surface area (Å²) >= 11 is 3.57. The molecule has 0 radical (unpaired) electrons. The number of thiophene rings is 1. The molecule has 1 saturated heterocycles. The van der Waals surface area contributed by atoms with Crippen LogP contribution in [-0.4, -0.2) is 43.2 Å². The fraction of sp³-hybridized carbons (Fsp3) is 0.500. The molecule has 3 rings (SSSR count). The van der Waals surface area contributed by atoms with Gasteiger partial charge >= 0.3 is 0 Å². The molecule has 0 spiro atoms. The summed E-state index contributed by atoms with van der Waals surface area (Å²) in [5.41, 5.74) is -0.318. The van der Waals surface area contributed by atoms with Crippen molar-refractivity contribution in [3.63, 3.8) is 0 Å². The number of nitrogens with zero attached hydrogens (tertiary/aromatic N) is 2. The van der Waals surface area contributed by atoms with Crippen molar-refractivity contribution in [1.82, 2.24) is 10.3 Å². The van der Waals surface area contributed by atoms with Gasteiger partial charge in [-0.25, -0.2) is 4.98 Å². The normalized spacial score (nSPS) is 14.8. The maximum atomic E-state index is 9.60. The van der Waals surface area contributed by atoms with Crippen LogP contribution in [0.15, 0.2) is 23.7 Å². The third-order valence-corrected chi connectivity index (χ3v) is 5.17. The standard InChI is InChI=1S/C11H13N3S2.C5H10O2/c1-2-9(15-7-1)10-8-13-11(16-10)14-5-3-12-4-6-14;1-5(2,3)7-4-6/h1-2,7-8,12H,3-6H2;4H,1-3H3. The number of carbonyl (C=O) groups is 1. The molecule has 0 bridgehead atoms. The summed E-state index contributed by atoms with van der Waals surface area (Å²) in [5.74, 6) is 0. The zero-order chi connectivity index (χ0) is 16.7. The summed E-state index contributed by atoms with van der Waals surface area (Å²) in [5, 5.41) is 6.62. The van der Waals surface area contributed by atoms with Crippen molar-refractivity contribution in [3.8, 4) is 9.75 Å². The molecule has 5 nitrogen and oxygen atoms in total. The van der Waals surface area contributed by atoms with Gasteiger partial charge in [-0.15, -0.1) is 11.3 Å². The number of rotatable bonds is 3. The Morgan fingerprint density at radius 1 is 1.30 bits per heavy atom. The average Bonchev–Trinajstić information content (AvgIpc) is 3.19. The Hall–Kier alpha value is -1.44. The number of anilines is 1. The molecule has 1 aliphatic rings. The molecule has 1 fully saturated rings. The highest BCUT2D eigenvalue weighted by molar-refractivity contribution is 7.23. The highest BCUT2D eigenvalue weighted by Crippen LogP contribution is 2.33. The van der Waals surface area contributed by atoms with Crippen LogP contribution < -0.4 is 10.2 Å². The molecule has 1 N–H and O–H groups in total. The Balaban J connectivity index is 0.000000236. The van der Waals surface area contributed by atoms with Crippen LogP contribution in [0.2, 0.25) is 0 Å². The average molecular weight is 354 g/mol. The van der Waals surface area contributed by atoms with Crippen molar-refractivity contribution in [2.75, 3.05) is 31.1 Å². The number of hydrogen-bond acceptors (Lipinski definition) is 7. The summed E-state index contributed by atoms with van der Waals surface area (Å²) in [4.78, 5) is 19.1. The zero-order valence-corrected chi connectivity index (χ0v) is 15.4. The topological polar surface area (TPSA) is 54.5 Å². The molecule has 2 aromatic rings. The zero-order valence-electron chi connectivity index (χ0n) is 13.7. The van der Waals surface area contributed by atoms with Crippen molar-refractivity contribution in [2.45, 2.75) is 26.4 Å². The van der Waals surface area contributed by atoms with Crippen LogP contribution >= 0.6 is 22.7 Å². The number of hydrogen-bond donors (Lipinski definition) is 1. The van der Waals surface area contributed by atoms with Gasteiger partial charge in [0.05, 0.1) is 4.88 Å². The molecule has 0 amide bonds. The van der Waals surface area contributed by atoms with Crippen molar-refractivity contribution >= 4 is 34.3 Å². The molecular weight excluding hydrogens is 330 g/mol. The summed E-state index contributed by atoms with van der Waals surface area (Å²) < 4.78 is 4.55. The number of piperazine rings is 1.